The van der Waals surface area contributed by atoms with Gasteiger partial charge in [-0.3, -0.25) is 0 Å². The summed E-state index contributed by atoms with van der Waals surface area (Å²) < 4.78 is 20.4. The SMILES string of the molecule is N/C(=N/O)c1cccc(COc2ccc(Cl)cc2Br)c1F. The van der Waals surface area contributed by atoms with Crippen molar-refractivity contribution in [1.82, 2.24) is 0 Å². The van der Waals surface area contributed by atoms with E-state index in [0.29, 0.717) is 20.8 Å². The van der Waals surface area contributed by atoms with Crippen LogP contribution < -0.4 is 10.5 Å². The monoisotopic (exact) mass is 372 g/mol. The summed E-state index contributed by atoms with van der Waals surface area (Å²) in [4.78, 5) is 0. The third kappa shape index (κ3) is 3.65. The van der Waals surface area contributed by atoms with Gasteiger partial charge in [-0.1, -0.05) is 28.9 Å². The summed E-state index contributed by atoms with van der Waals surface area (Å²) in [5, 5.41) is 12.0. The van der Waals surface area contributed by atoms with Gasteiger partial charge in [0.15, 0.2) is 5.84 Å². The summed E-state index contributed by atoms with van der Waals surface area (Å²) in [5.74, 6) is -0.340. The molecule has 0 amide bonds. The molecular formula is C14H11BrClFN2O2. The average Bonchev–Trinajstić information content (AvgIpc) is 2.47. The predicted octanol–water partition coefficient (Wildman–Crippen LogP) is 3.92. The third-order valence-electron chi connectivity index (χ3n) is 2.74. The Kier molecular flexibility index (Phi) is 5.03. The van der Waals surface area contributed by atoms with E-state index in [0.717, 1.165) is 0 Å². The highest BCUT2D eigenvalue weighted by atomic mass is 79.9. The van der Waals surface area contributed by atoms with Gasteiger partial charge in [-0.25, -0.2) is 4.39 Å². The van der Waals surface area contributed by atoms with Crippen molar-refractivity contribution >= 4 is 33.4 Å². The summed E-state index contributed by atoms with van der Waals surface area (Å²) >= 11 is 9.15. The molecule has 21 heavy (non-hydrogen) atoms. The van der Waals surface area contributed by atoms with Crippen molar-refractivity contribution in [3.63, 3.8) is 0 Å². The van der Waals surface area contributed by atoms with Gasteiger partial charge in [0, 0.05) is 10.6 Å². The minimum Gasteiger partial charge on any atom is -0.488 e. The van der Waals surface area contributed by atoms with Crippen molar-refractivity contribution in [2.45, 2.75) is 6.61 Å². The molecule has 0 aliphatic rings. The lowest BCUT2D eigenvalue weighted by atomic mass is 10.1. The van der Waals surface area contributed by atoms with Gasteiger partial charge in [-0.15, -0.1) is 0 Å². The van der Waals surface area contributed by atoms with Crippen molar-refractivity contribution in [3.8, 4) is 5.75 Å². The molecule has 0 aliphatic heterocycles. The molecule has 0 radical (unpaired) electrons. The molecule has 0 aliphatic carbocycles. The molecule has 2 aromatic rings. The largest absolute Gasteiger partial charge is 0.488 e. The lowest BCUT2D eigenvalue weighted by molar-refractivity contribution is 0.297. The Hall–Kier alpha value is -1.79. The highest BCUT2D eigenvalue weighted by Gasteiger charge is 2.12. The van der Waals surface area contributed by atoms with Crippen LogP contribution in [-0.4, -0.2) is 11.0 Å². The lowest BCUT2D eigenvalue weighted by Crippen LogP contribution is -2.16. The van der Waals surface area contributed by atoms with Gasteiger partial charge in [-0.05, 0) is 40.2 Å². The molecule has 2 aromatic carbocycles. The summed E-state index contributed by atoms with van der Waals surface area (Å²) in [6, 6.07) is 9.62. The number of oxime groups is 1. The van der Waals surface area contributed by atoms with E-state index in [2.05, 4.69) is 21.1 Å². The highest BCUT2D eigenvalue weighted by molar-refractivity contribution is 9.10. The molecule has 0 atom stereocenters. The smallest absolute Gasteiger partial charge is 0.173 e. The van der Waals surface area contributed by atoms with Crippen molar-refractivity contribution in [2.75, 3.05) is 0 Å². The number of benzene rings is 2. The number of hydrogen-bond acceptors (Lipinski definition) is 3. The maximum absolute atomic E-state index is 14.2. The van der Waals surface area contributed by atoms with Crippen LogP contribution in [-0.2, 0) is 6.61 Å². The minimum absolute atomic E-state index is 0.00137. The molecule has 110 valence electrons. The fourth-order valence-corrected chi connectivity index (χ4v) is 2.49. The minimum atomic E-state index is -0.585. The molecule has 0 saturated heterocycles. The first-order valence-electron chi connectivity index (χ1n) is 5.86. The van der Waals surface area contributed by atoms with Crippen LogP contribution in [0.3, 0.4) is 0 Å². The number of nitrogens with two attached hydrogens (primary N) is 1. The van der Waals surface area contributed by atoms with Crippen LogP contribution in [0.4, 0.5) is 4.39 Å². The Morgan fingerprint density at radius 1 is 1.38 bits per heavy atom. The summed E-state index contributed by atoms with van der Waals surface area (Å²) in [6.45, 7) is -0.00137. The number of hydrogen-bond donors (Lipinski definition) is 2. The lowest BCUT2D eigenvalue weighted by Gasteiger charge is -2.11. The second-order valence-corrected chi connectivity index (χ2v) is 5.42. The van der Waals surface area contributed by atoms with Gasteiger partial charge in [0.05, 0.1) is 10.0 Å². The van der Waals surface area contributed by atoms with Crippen LogP contribution in [0.5, 0.6) is 5.75 Å². The van der Waals surface area contributed by atoms with Gasteiger partial charge < -0.3 is 15.7 Å². The van der Waals surface area contributed by atoms with E-state index in [9.17, 15) is 4.39 Å². The Morgan fingerprint density at radius 2 is 2.14 bits per heavy atom. The van der Waals surface area contributed by atoms with E-state index in [1.807, 2.05) is 0 Å². The highest BCUT2D eigenvalue weighted by Crippen LogP contribution is 2.29. The maximum atomic E-state index is 14.2. The van der Waals surface area contributed by atoms with Crippen LogP contribution in [0.15, 0.2) is 46.0 Å². The zero-order chi connectivity index (χ0) is 15.4. The molecule has 0 aromatic heterocycles. The first-order valence-corrected chi connectivity index (χ1v) is 7.03. The first kappa shape index (κ1) is 15.6. The average molecular weight is 374 g/mol. The second kappa shape index (κ2) is 6.78. The zero-order valence-corrected chi connectivity index (χ0v) is 13.0. The normalized spacial score (nSPS) is 11.5. The Labute approximate surface area is 134 Å². The molecule has 7 heteroatoms. The van der Waals surface area contributed by atoms with Gasteiger partial charge in [0.2, 0.25) is 0 Å². The first-order chi connectivity index (χ1) is 10.0. The Bertz CT molecular complexity index is 695. The summed E-state index contributed by atoms with van der Waals surface area (Å²) in [5.41, 5.74) is 5.72. The van der Waals surface area contributed by atoms with Gasteiger partial charge in [-0.2, -0.15) is 0 Å². The standard InChI is InChI=1S/C14H11BrClFN2O2/c15-11-6-9(16)4-5-12(11)21-7-8-2-1-3-10(13(8)17)14(18)19-20/h1-6,20H,7H2,(H2,18,19). The third-order valence-corrected chi connectivity index (χ3v) is 3.59. The van der Waals surface area contributed by atoms with Crippen LogP contribution >= 0.6 is 27.5 Å². The van der Waals surface area contributed by atoms with E-state index in [1.165, 1.54) is 6.07 Å². The fraction of sp³-hybridized carbons (Fsp3) is 0.0714. The Balaban J connectivity index is 2.21. The van der Waals surface area contributed by atoms with Crippen LogP contribution in [0.1, 0.15) is 11.1 Å². The molecule has 0 unspecified atom stereocenters. The number of nitrogens with zero attached hydrogens (tertiary/aromatic N) is 1. The molecule has 2 rings (SSSR count). The van der Waals surface area contributed by atoms with E-state index >= 15 is 0 Å². The van der Waals surface area contributed by atoms with Crippen molar-refractivity contribution < 1.29 is 14.3 Å². The molecule has 0 fully saturated rings. The molecule has 0 spiro atoms. The van der Waals surface area contributed by atoms with Crippen molar-refractivity contribution in [3.05, 3.63) is 62.8 Å². The molecule has 4 nitrogen and oxygen atoms in total. The van der Waals surface area contributed by atoms with Crippen LogP contribution in [0, 0.1) is 5.82 Å². The quantitative estimate of drug-likeness (QED) is 0.369. The zero-order valence-electron chi connectivity index (χ0n) is 10.7. The van der Waals surface area contributed by atoms with E-state index in [4.69, 9.17) is 27.3 Å². The topological polar surface area (TPSA) is 67.8 Å². The van der Waals surface area contributed by atoms with E-state index in [1.54, 1.807) is 30.3 Å². The molecule has 0 heterocycles. The van der Waals surface area contributed by atoms with Gasteiger partial charge in [0.25, 0.3) is 0 Å². The number of ether oxygens (including phenoxy) is 1. The molecule has 3 N–H and O–H groups in total. The Morgan fingerprint density at radius 3 is 2.81 bits per heavy atom. The molecule has 0 bridgehead atoms. The van der Waals surface area contributed by atoms with Crippen LogP contribution in [0.25, 0.3) is 0 Å². The van der Waals surface area contributed by atoms with E-state index < -0.39 is 5.82 Å². The number of rotatable bonds is 4. The number of halogens is 3. The fourth-order valence-electron chi connectivity index (χ4n) is 1.69. The predicted molar refractivity (Wildman–Crippen MR) is 82.4 cm³/mol. The second-order valence-electron chi connectivity index (χ2n) is 4.13. The van der Waals surface area contributed by atoms with Gasteiger partial charge in [0.1, 0.15) is 18.2 Å². The summed E-state index contributed by atoms with van der Waals surface area (Å²) in [7, 11) is 0. The molecule has 0 saturated carbocycles. The maximum Gasteiger partial charge on any atom is 0.173 e. The number of amidine groups is 1. The van der Waals surface area contributed by atoms with Crippen LogP contribution in [0.2, 0.25) is 5.02 Å². The molecular weight excluding hydrogens is 363 g/mol. The summed E-state index contributed by atoms with van der Waals surface area (Å²) in [6.07, 6.45) is 0. The van der Waals surface area contributed by atoms with Crippen molar-refractivity contribution in [1.29, 1.82) is 0 Å². The van der Waals surface area contributed by atoms with Gasteiger partial charge >= 0.3 is 0 Å². The van der Waals surface area contributed by atoms with E-state index in [-0.39, 0.29) is 18.0 Å². The van der Waals surface area contributed by atoms with Crippen molar-refractivity contribution in [2.24, 2.45) is 10.9 Å².